The van der Waals surface area contributed by atoms with Crippen LogP contribution in [-0.2, 0) is 39.8 Å². The second kappa shape index (κ2) is 16.9. The van der Waals surface area contributed by atoms with Crippen LogP contribution in [0.4, 0.5) is 22.0 Å². The molecule has 0 saturated heterocycles. The molecule has 1 amide bonds. The van der Waals surface area contributed by atoms with E-state index in [1.165, 1.54) is 48.5 Å². The van der Waals surface area contributed by atoms with Gasteiger partial charge in [-0.3, -0.25) is 9.00 Å². The summed E-state index contributed by atoms with van der Waals surface area (Å²) in [5.74, 6) is -2.69. The number of aromatic nitrogens is 2. The molecule has 0 aliphatic rings. The van der Waals surface area contributed by atoms with Crippen molar-refractivity contribution >= 4 is 26.7 Å². The van der Waals surface area contributed by atoms with Crippen molar-refractivity contribution < 1.29 is 39.4 Å². The van der Waals surface area contributed by atoms with Crippen molar-refractivity contribution in [2.24, 2.45) is 0 Å². The molecular formula is C39H35F5N4O4S2. The fourth-order valence-corrected chi connectivity index (χ4v) is 8.29. The number of rotatable bonds is 14. The van der Waals surface area contributed by atoms with E-state index in [1.807, 2.05) is 24.6 Å². The van der Waals surface area contributed by atoms with Gasteiger partial charge in [0.25, 0.3) is 15.9 Å². The Hall–Kier alpha value is -5.20. The smallest absolute Gasteiger partial charge is 0.268 e. The Labute approximate surface area is 312 Å². The van der Waals surface area contributed by atoms with Gasteiger partial charge in [-0.15, -0.1) is 0 Å². The summed E-state index contributed by atoms with van der Waals surface area (Å²) in [5, 5.41) is 14.8. The molecule has 0 fully saturated rings. The van der Waals surface area contributed by atoms with Crippen LogP contribution in [-0.4, -0.2) is 34.1 Å². The number of hydrogen-bond donors (Lipinski definition) is 1. The maximum atomic E-state index is 16.0. The van der Waals surface area contributed by atoms with Gasteiger partial charge in [-0.1, -0.05) is 69.2 Å². The number of halogens is 5. The Morgan fingerprint density at radius 1 is 0.926 bits per heavy atom. The van der Waals surface area contributed by atoms with Crippen LogP contribution in [0.25, 0.3) is 16.8 Å². The number of hydrogen-bond acceptors (Lipinski definition) is 6. The number of nitrogens with zero attached hydrogens (tertiary/aromatic N) is 3. The van der Waals surface area contributed by atoms with Crippen molar-refractivity contribution in [1.29, 1.82) is 5.26 Å². The van der Waals surface area contributed by atoms with E-state index in [2.05, 4.69) is 5.10 Å². The third-order valence-corrected chi connectivity index (χ3v) is 11.5. The minimum atomic E-state index is -4.84. The minimum Gasteiger partial charge on any atom is -0.268 e. The van der Waals surface area contributed by atoms with E-state index >= 15 is 4.39 Å². The van der Waals surface area contributed by atoms with E-state index < -0.39 is 61.4 Å². The number of amides is 1. The second-order valence-corrected chi connectivity index (χ2v) is 15.6. The van der Waals surface area contributed by atoms with Gasteiger partial charge in [0.05, 0.1) is 38.2 Å². The summed E-state index contributed by atoms with van der Waals surface area (Å²) in [6, 6.07) is 19.3. The van der Waals surface area contributed by atoms with Gasteiger partial charge in [0.2, 0.25) is 0 Å². The molecule has 1 N–H and O–H groups in total. The lowest BCUT2D eigenvalue weighted by Crippen LogP contribution is -2.31. The van der Waals surface area contributed by atoms with E-state index in [0.29, 0.717) is 25.0 Å². The summed E-state index contributed by atoms with van der Waals surface area (Å²) in [6.07, 6.45) is -2.21. The lowest BCUT2D eigenvalue weighted by atomic mass is 9.97. The molecule has 8 nitrogen and oxygen atoms in total. The molecule has 0 radical (unpaired) electrons. The summed E-state index contributed by atoms with van der Waals surface area (Å²) in [4.78, 5) is 12.4. The van der Waals surface area contributed by atoms with Crippen LogP contribution in [0.5, 0.6) is 0 Å². The quantitative estimate of drug-likeness (QED) is 0.113. The number of alkyl halides is 3. The first-order valence-electron chi connectivity index (χ1n) is 17.0. The van der Waals surface area contributed by atoms with Gasteiger partial charge in [-0.2, -0.15) is 23.5 Å². The number of aryl methyl sites for hydroxylation is 1. The molecule has 5 rings (SSSR count). The molecule has 0 bridgehead atoms. The van der Waals surface area contributed by atoms with E-state index in [1.54, 1.807) is 0 Å². The molecule has 1 atom stereocenters. The number of nitrogens with one attached hydrogen (secondary N) is 1. The first-order chi connectivity index (χ1) is 25.7. The van der Waals surface area contributed by atoms with Crippen molar-refractivity contribution in [3.63, 3.8) is 0 Å². The zero-order chi connectivity index (χ0) is 39.2. The number of carbonyl (C=O) groups excluding carboxylic acids is 1. The van der Waals surface area contributed by atoms with Crippen LogP contribution in [0, 0.1) is 23.0 Å². The Bertz CT molecular complexity index is 2370. The third-order valence-electron chi connectivity index (χ3n) is 8.64. The normalized spacial score (nSPS) is 12.3. The van der Waals surface area contributed by atoms with Gasteiger partial charge < -0.3 is 0 Å². The van der Waals surface area contributed by atoms with Gasteiger partial charge in [-0.25, -0.2) is 26.6 Å². The molecule has 0 saturated carbocycles. The Balaban J connectivity index is 1.55. The largest absolute Gasteiger partial charge is 0.418 e. The van der Waals surface area contributed by atoms with E-state index in [0.717, 1.165) is 47.5 Å². The molecule has 0 aliphatic heterocycles. The van der Waals surface area contributed by atoms with Crippen LogP contribution in [0.2, 0.25) is 0 Å². The molecule has 5 aromatic rings. The maximum Gasteiger partial charge on any atom is 0.418 e. The highest BCUT2D eigenvalue weighted by Crippen LogP contribution is 2.37. The molecule has 282 valence electrons. The lowest BCUT2D eigenvalue weighted by molar-refractivity contribution is -0.137. The number of benzene rings is 4. The zero-order valence-electron chi connectivity index (χ0n) is 29.2. The van der Waals surface area contributed by atoms with Crippen LogP contribution in [0.15, 0.2) is 94.7 Å². The molecule has 1 heterocycles. The number of nitriles is 1. The first kappa shape index (κ1) is 40.0. The molecule has 4 aromatic carbocycles. The van der Waals surface area contributed by atoms with Crippen LogP contribution < -0.4 is 4.72 Å². The van der Waals surface area contributed by atoms with E-state index in [9.17, 15) is 40.2 Å². The molecule has 15 heteroatoms. The maximum absolute atomic E-state index is 16.0. The number of sulfonamides is 1. The number of carbonyl (C=O) groups is 1. The van der Waals surface area contributed by atoms with Crippen molar-refractivity contribution in [3.8, 4) is 22.9 Å². The monoisotopic (exact) mass is 782 g/mol. The molecule has 0 aliphatic carbocycles. The summed E-state index contributed by atoms with van der Waals surface area (Å²) < 4.78 is 116. The van der Waals surface area contributed by atoms with E-state index in [-0.39, 0.29) is 56.3 Å². The van der Waals surface area contributed by atoms with Gasteiger partial charge in [0, 0.05) is 28.2 Å². The fraction of sp³-hybridized carbons (Fsp3) is 0.256. The highest BCUT2D eigenvalue weighted by atomic mass is 32.2. The van der Waals surface area contributed by atoms with Gasteiger partial charge in [0.15, 0.2) is 0 Å². The molecule has 1 unspecified atom stereocenters. The minimum absolute atomic E-state index is 0.0295. The third kappa shape index (κ3) is 8.77. The first-order valence-corrected chi connectivity index (χ1v) is 19.8. The summed E-state index contributed by atoms with van der Waals surface area (Å²) in [5.41, 5.74) is -1.59. The highest BCUT2D eigenvalue weighted by Gasteiger charge is 2.36. The Kier molecular flexibility index (Phi) is 12.5. The van der Waals surface area contributed by atoms with Gasteiger partial charge in [0.1, 0.15) is 23.4 Å². The van der Waals surface area contributed by atoms with Crippen molar-refractivity contribution in [1.82, 2.24) is 14.5 Å². The van der Waals surface area contributed by atoms with E-state index in [4.69, 9.17) is 0 Å². The molecular weight excluding hydrogens is 748 g/mol. The SMILES string of the molecule is CCCCc1nn(-c2cc(S(=O)CCCC)ccc2C(F)(F)F)c(C#N)c1Cc1ccc(-c2ccccc2S(=O)(=O)NC(=O)c2ccccc2F)cc1F. The molecule has 54 heavy (non-hydrogen) atoms. The number of unbranched alkanes of at least 4 members (excludes halogenated alkanes) is 2. The summed E-state index contributed by atoms with van der Waals surface area (Å²) in [6.45, 7) is 3.80. The Morgan fingerprint density at radius 3 is 2.30 bits per heavy atom. The molecule has 0 spiro atoms. The predicted octanol–water partition coefficient (Wildman–Crippen LogP) is 8.67. The van der Waals surface area contributed by atoms with Crippen molar-refractivity contribution in [2.75, 3.05) is 5.75 Å². The van der Waals surface area contributed by atoms with Crippen LogP contribution >= 0.6 is 0 Å². The Morgan fingerprint density at radius 2 is 1.63 bits per heavy atom. The second-order valence-electron chi connectivity index (χ2n) is 12.4. The zero-order valence-corrected chi connectivity index (χ0v) is 30.8. The summed E-state index contributed by atoms with van der Waals surface area (Å²) >= 11 is 0. The van der Waals surface area contributed by atoms with Crippen molar-refractivity contribution in [3.05, 3.63) is 130 Å². The fourth-order valence-electron chi connectivity index (χ4n) is 5.84. The highest BCUT2D eigenvalue weighted by molar-refractivity contribution is 7.90. The average Bonchev–Trinajstić information content (AvgIpc) is 3.49. The van der Waals surface area contributed by atoms with Gasteiger partial charge in [-0.05, 0) is 72.9 Å². The summed E-state index contributed by atoms with van der Waals surface area (Å²) in [7, 11) is -6.19. The van der Waals surface area contributed by atoms with Crippen molar-refractivity contribution in [2.45, 2.75) is 68.3 Å². The lowest BCUT2D eigenvalue weighted by Gasteiger charge is -2.15. The molecule has 1 aromatic heterocycles. The van der Waals surface area contributed by atoms with Crippen LogP contribution in [0.3, 0.4) is 0 Å². The van der Waals surface area contributed by atoms with Gasteiger partial charge >= 0.3 is 6.18 Å². The topological polar surface area (TPSA) is 122 Å². The average molecular weight is 783 g/mol. The predicted molar refractivity (Wildman–Crippen MR) is 194 cm³/mol. The van der Waals surface area contributed by atoms with Crippen LogP contribution in [0.1, 0.15) is 78.0 Å². The standard InChI is InChI=1S/C39H35F5N4O4S2/c1-3-5-14-34-30(36(24-45)48(46-34)35-23-27(53(50)20-6-4-2)18-19-31(35)39(42,43)44)21-26-17-16-25(22-33(26)41)28-11-8-10-15-37(28)54(51,52)47-38(49)29-12-7-9-13-32(29)40/h7-13,15-19,22-23H,3-6,14,20-21H2,1-2H3,(H,47,49).